The topological polar surface area (TPSA) is 107 Å². The smallest absolute Gasteiger partial charge is 0.326 e. The van der Waals surface area contributed by atoms with Crippen molar-refractivity contribution in [2.75, 3.05) is 19.1 Å². The first-order valence-electron chi connectivity index (χ1n) is 10.8. The summed E-state index contributed by atoms with van der Waals surface area (Å²) in [7, 11) is 3.06. The second-order valence-corrected chi connectivity index (χ2v) is 7.99. The zero-order valence-electron chi connectivity index (χ0n) is 19.0. The van der Waals surface area contributed by atoms with Gasteiger partial charge in [-0.05, 0) is 29.8 Å². The summed E-state index contributed by atoms with van der Waals surface area (Å²) in [6.07, 6.45) is 0.121. The monoisotopic (exact) mass is 479 g/mol. The predicted molar refractivity (Wildman–Crippen MR) is 123 cm³/mol. The van der Waals surface area contributed by atoms with E-state index < -0.39 is 17.8 Å². The molecule has 1 N–H and O–H groups in total. The Hall–Kier alpha value is -4.34. The van der Waals surface area contributed by atoms with Crippen molar-refractivity contribution in [3.05, 3.63) is 71.2 Å². The molecule has 180 valence electrons. The average Bonchev–Trinajstić information content (AvgIpc) is 3.29. The van der Waals surface area contributed by atoms with E-state index in [9.17, 15) is 14.3 Å². The number of aliphatic carboxylic acids is 1. The molecule has 1 aliphatic rings. The Morgan fingerprint density at radius 2 is 2.03 bits per heavy atom. The number of hydrogen-bond donors (Lipinski definition) is 1. The fourth-order valence-electron chi connectivity index (χ4n) is 4.16. The third-order valence-corrected chi connectivity index (χ3v) is 5.88. The van der Waals surface area contributed by atoms with Crippen LogP contribution in [0.3, 0.4) is 0 Å². The van der Waals surface area contributed by atoms with Crippen LogP contribution in [0, 0.1) is 5.82 Å². The fraction of sp³-hybridized carbons (Fsp3) is 0.240. The number of nitrogens with zero attached hydrogens (tertiary/aromatic N) is 3. The van der Waals surface area contributed by atoms with Gasteiger partial charge in [0, 0.05) is 30.7 Å². The van der Waals surface area contributed by atoms with Gasteiger partial charge in [-0.15, -0.1) is 0 Å². The number of pyridine rings is 1. The molecule has 0 saturated carbocycles. The van der Waals surface area contributed by atoms with Crippen LogP contribution in [-0.2, 0) is 24.4 Å². The summed E-state index contributed by atoms with van der Waals surface area (Å²) in [6.45, 7) is 0.349. The number of fused-ring (bicyclic) bond motifs is 2. The SMILES string of the molecule is COc1cccc(COc2c(OC)ccc3c2CC(C(=O)O)N(c2nc4ccc(F)cc4o2)C3)n1. The third kappa shape index (κ3) is 4.30. The summed E-state index contributed by atoms with van der Waals surface area (Å²) in [5.74, 6) is -0.0969. The van der Waals surface area contributed by atoms with Crippen molar-refractivity contribution in [3.63, 3.8) is 0 Å². The Morgan fingerprint density at radius 1 is 1.17 bits per heavy atom. The number of carbonyl (C=O) groups is 1. The zero-order valence-corrected chi connectivity index (χ0v) is 19.0. The molecule has 3 heterocycles. The Bertz CT molecular complexity index is 1410. The minimum atomic E-state index is -1.05. The molecule has 10 heteroatoms. The molecule has 0 spiro atoms. The quantitative estimate of drug-likeness (QED) is 0.421. The van der Waals surface area contributed by atoms with E-state index in [1.165, 1.54) is 32.4 Å². The number of oxazole rings is 1. The van der Waals surface area contributed by atoms with E-state index in [-0.39, 0.29) is 31.2 Å². The van der Waals surface area contributed by atoms with Gasteiger partial charge in [0.05, 0.1) is 19.9 Å². The number of hydrogen-bond acceptors (Lipinski definition) is 8. The first-order valence-corrected chi connectivity index (χ1v) is 10.8. The van der Waals surface area contributed by atoms with E-state index in [1.54, 1.807) is 17.0 Å². The molecule has 1 atom stereocenters. The van der Waals surface area contributed by atoms with Crippen LogP contribution >= 0.6 is 0 Å². The Morgan fingerprint density at radius 3 is 2.80 bits per heavy atom. The Balaban J connectivity index is 1.49. The van der Waals surface area contributed by atoms with E-state index in [1.807, 2.05) is 18.2 Å². The number of anilines is 1. The van der Waals surface area contributed by atoms with Crippen LogP contribution in [0.2, 0.25) is 0 Å². The van der Waals surface area contributed by atoms with Gasteiger partial charge in [0.2, 0.25) is 5.88 Å². The number of carboxylic acid groups (broad SMARTS) is 1. The molecule has 1 unspecified atom stereocenters. The normalized spacial score (nSPS) is 15.1. The lowest BCUT2D eigenvalue weighted by molar-refractivity contribution is -0.138. The van der Waals surface area contributed by atoms with Crippen molar-refractivity contribution in [2.45, 2.75) is 25.6 Å². The highest BCUT2D eigenvalue weighted by molar-refractivity contribution is 5.81. The number of ether oxygens (including phenoxy) is 3. The van der Waals surface area contributed by atoms with E-state index in [2.05, 4.69) is 9.97 Å². The van der Waals surface area contributed by atoms with E-state index >= 15 is 0 Å². The molecule has 2 aromatic carbocycles. The zero-order chi connectivity index (χ0) is 24.5. The van der Waals surface area contributed by atoms with Gasteiger partial charge >= 0.3 is 5.97 Å². The molecule has 0 amide bonds. The Kier molecular flexibility index (Phi) is 5.86. The van der Waals surface area contributed by atoms with Gasteiger partial charge in [-0.25, -0.2) is 14.2 Å². The fourth-order valence-corrected chi connectivity index (χ4v) is 4.16. The maximum Gasteiger partial charge on any atom is 0.326 e. The van der Waals surface area contributed by atoms with Gasteiger partial charge in [0.25, 0.3) is 6.01 Å². The highest BCUT2D eigenvalue weighted by atomic mass is 19.1. The van der Waals surface area contributed by atoms with Crippen molar-refractivity contribution in [3.8, 4) is 17.4 Å². The summed E-state index contributed by atoms with van der Waals surface area (Å²) >= 11 is 0. The number of aromatic nitrogens is 2. The van der Waals surface area contributed by atoms with Crippen LogP contribution in [0.25, 0.3) is 11.1 Å². The van der Waals surface area contributed by atoms with Crippen LogP contribution < -0.4 is 19.1 Å². The van der Waals surface area contributed by atoms with Gasteiger partial charge in [0.15, 0.2) is 17.1 Å². The average molecular weight is 479 g/mol. The molecule has 1 aliphatic heterocycles. The molecule has 35 heavy (non-hydrogen) atoms. The van der Waals surface area contributed by atoms with Crippen LogP contribution in [0.5, 0.6) is 17.4 Å². The second-order valence-electron chi connectivity index (χ2n) is 7.99. The van der Waals surface area contributed by atoms with Crippen molar-refractivity contribution in [1.29, 1.82) is 0 Å². The summed E-state index contributed by atoms with van der Waals surface area (Å²) in [5, 5.41) is 10.0. The minimum absolute atomic E-state index is 0.113. The molecule has 4 aromatic rings. The molecule has 0 radical (unpaired) electrons. The van der Waals surface area contributed by atoms with Crippen molar-refractivity contribution >= 4 is 23.1 Å². The second kappa shape index (κ2) is 9.13. The van der Waals surface area contributed by atoms with Crippen LogP contribution in [-0.4, -0.2) is 41.3 Å². The highest BCUT2D eigenvalue weighted by Gasteiger charge is 2.36. The van der Waals surface area contributed by atoms with Gasteiger partial charge in [-0.2, -0.15) is 4.98 Å². The van der Waals surface area contributed by atoms with Gasteiger partial charge < -0.3 is 28.6 Å². The molecule has 0 fully saturated rings. The summed E-state index contributed by atoms with van der Waals surface area (Å²) in [6, 6.07) is 12.1. The molecule has 0 bridgehead atoms. The molecular weight excluding hydrogens is 457 g/mol. The van der Waals surface area contributed by atoms with Gasteiger partial charge in [-0.1, -0.05) is 12.1 Å². The number of benzene rings is 2. The summed E-state index contributed by atoms with van der Waals surface area (Å²) < 4.78 is 36.1. The molecule has 2 aromatic heterocycles. The lowest BCUT2D eigenvalue weighted by Crippen LogP contribution is -2.46. The first kappa shape index (κ1) is 22.5. The number of carboxylic acids is 1. The number of halogens is 1. The lowest BCUT2D eigenvalue weighted by atomic mass is 9.93. The van der Waals surface area contributed by atoms with Crippen LogP contribution in [0.15, 0.2) is 52.9 Å². The maximum absolute atomic E-state index is 13.6. The largest absolute Gasteiger partial charge is 0.493 e. The van der Waals surface area contributed by atoms with Crippen molar-refractivity contribution in [1.82, 2.24) is 9.97 Å². The molecule has 9 nitrogen and oxygen atoms in total. The predicted octanol–water partition coefficient (Wildman–Crippen LogP) is 3.97. The maximum atomic E-state index is 13.6. The standard InChI is InChI=1S/C25H22FN3O6/c1-32-20-9-6-14-12-29(25-28-18-8-7-15(26)10-21(18)35-25)19(24(30)31)11-17(14)23(20)34-13-16-4-3-5-22(27-16)33-2/h3-10,19H,11-13H2,1-2H3,(H,30,31). The highest BCUT2D eigenvalue weighted by Crippen LogP contribution is 2.40. The molecule has 5 rings (SSSR count). The van der Waals surface area contributed by atoms with E-state index in [0.717, 1.165) is 11.1 Å². The molecule has 0 aliphatic carbocycles. The Labute approximate surface area is 199 Å². The van der Waals surface area contributed by atoms with E-state index in [0.29, 0.717) is 28.6 Å². The van der Waals surface area contributed by atoms with Crippen molar-refractivity contribution < 1.29 is 32.9 Å². The van der Waals surface area contributed by atoms with Crippen molar-refractivity contribution in [2.24, 2.45) is 0 Å². The van der Waals surface area contributed by atoms with Gasteiger partial charge in [-0.3, -0.25) is 0 Å². The lowest BCUT2D eigenvalue weighted by Gasteiger charge is -2.34. The number of methoxy groups -OCH3 is 2. The first-order chi connectivity index (χ1) is 17.0. The third-order valence-electron chi connectivity index (χ3n) is 5.88. The minimum Gasteiger partial charge on any atom is -0.493 e. The summed E-state index contributed by atoms with van der Waals surface area (Å²) in [5.41, 5.74) is 2.90. The van der Waals surface area contributed by atoms with Gasteiger partial charge in [0.1, 0.15) is 24.0 Å². The van der Waals surface area contributed by atoms with Crippen LogP contribution in [0.4, 0.5) is 10.4 Å². The van der Waals surface area contributed by atoms with E-state index in [4.69, 9.17) is 18.6 Å². The number of rotatable bonds is 7. The summed E-state index contributed by atoms with van der Waals surface area (Å²) in [4.78, 5) is 22.6. The molecular formula is C25H22FN3O6. The van der Waals surface area contributed by atoms with Crippen LogP contribution in [0.1, 0.15) is 16.8 Å². The molecule has 0 saturated heterocycles.